The maximum atomic E-state index is 14.9. The minimum atomic E-state index is -1.24. The van der Waals surface area contributed by atoms with Gasteiger partial charge < -0.3 is 20.1 Å². The molecular weight excluding hydrogens is 446 g/mol. The topological polar surface area (TPSA) is 94.1 Å². The number of carbonyl (C=O) groups is 1. The molecule has 2 amide bonds. The summed E-state index contributed by atoms with van der Waals surface area (Å²) in [4.78, 5) is 26.7. The molecule has 1 aromatic heterocycles. The number of phenols is 1. The zero-order chi connectivity index (χ0) is 24.6. The third-order valence-electron chi connectivity index (χ3n) is 6.58. The highest BCUT2D eigenvalue weighted by Crippen LogP contribution is 2.40. The van der Waals surface area contributed by atoms with E-state index < -0.39 is 29.1 Å². The van der Waals surface area contributed by atoms with Gasteiger partial charge in [0, 0.05) is 36.5 Å². The van der Waals surface area contributed by atoms with Crippen LogP contribution >= 0.6 is 0 Å². The van der Waals surface area contributed by atoms with Crippen LogP contribution in [0, 0.1) is 11.6 Å². The minimum absolute atomic E-state index is 0.153. The summed E-state index contributed by atoms with van der Waals surface area (Å²) in [7, 11) is 5.38. The average molecular weight is 477 g/mol. The second-order valence-corrected chi connectivity index (χ2v) is 8.84. The highest BCUT2D eigenvalue weighted by molar-refractivity contribution is 6.05. The maximum absolute atomic E-state index is 14.9. The molecule has 184 valence electrons. The number of anilines is 3. The molecule has 0 unspecified atom stereocenters. The van der Waals surface area contributed by atoms with Crippen molar-refractivity contribution in [3.05, 3.63) is 29.5 Å². The van der Waals surface area contributed by atoms with Crippen molar-refractivity contribution in [2.75, 3.05) is 42.9 Å². The van der Waals surface area contributed by atoms with Gasteiger partial charge in [-0.05, 0) is 46.7 Å². The van der Waals surface area contributed by atoms with Gasteiger partial charge in [0.15, 0.2) is 23.1 Å². The van der Waals surface area contributed by atoms with Gasteiger partial charge in [0.05, 0.1) is 13.7 Å². The summed E-state index contributed by atoms with van der Waals surface area (Å²) in [6.45, 7) is 1.82. The van der Waals surface area contributed by atoms with E-state index in [1.807, 2.05) is 0 Å². The van der Waals surface area contributed by atoms with Gasteiger partial charge in [-0.2, -0.15) is 4.98 Å². The number of fused-ring (bicyclic) bond motifs is 1. The highest BCUT2D eigenvalue weighted by Gasteiger charge is 2.37. The van der Waals surface area contributed by atoms with Crippen LogP contribution in [0.3, 0.4) is 0 Å². The first kappa shape index (κ1) is 23.9. The van der Waals surface area contributed by atoms with E-state index in [0.717, 1.165) is 36.6 Å². The fraction of sp³-hybridized carbons (Fsp3) is 0.522. The third kappa shape index (κ3) is 4.31. The normalized spacial score (nSPS) is 20.5. The van der Waals surface area contributed by atoms with Gasteiger partial charge in [-0.1, -0.05) is 0 Å². The maximum Gasteiger partial charge on any atom is 0.330 e. The monoisotopic (exact) mass is 476 g/mol. The molecule has 1 aliphatic carbocycles. The van der Waals surface area contributed by atoms with Crippen LogP contribution in [0.2, 0.25) is 0 Å². The Morgan fingerprint density at radius 1 is 1.24 bits per heavy atom. The van der Waals surface area contributed by atoms with E-state index in [-0.39, 0.29) is 24.9 Å². The van der Waals surface area contributed by atoms with Crippen LogP contribution in [-0.4, -0.2) is 65.8 Å². The number of aromatic nitrogens is 2. The summed E-state index contributed by atoms with van der Waals surface area (Å²) >= 11 is 0. The zero-order valence-corrected chi connectivity index (χ0v) is 19.8. The summed E-state index contributed by atoms with van der Waals surface area (Å²) in [6, 6.07) is 0.986. The molecule has 2 heterocycles. The first-order valence-corrected chi connectivity index (χ1v) is 11.4. The Bertz CT molecular complexity index is 1080. The number of hydrogen-bond donors (Lipinski definition) is 2. The van der Waals surface area contributed by atoms with Crippen molar-refractivity contribution < 1.29 is 23.4 Å². The summed E-state index contributed by atoms with van der Waals surface area (Å²) in [5.41, 5.74) is -0.143. The summed E-state index contributed by atoms with van der Waals surface area (Å²) in [5, 5.41) is 13.3. The van der Waals surface area contributed by atoms with Crippen LogP contribution in [0.15, 0.2) is 12.3 Å². The number of phenolic OH excluding ortho intramolecular Hbond substituents is 1. The molecule has 2 aromatic rings. The zero-order valence-electron chi connectivity index (χ0n) is 19.8. The number of halogens is 2. The van der Waals surface area contributed by atoms with E-state index >= 15 is 0 Å². The Hall–Kier alpha value is -3.21. The van der Waals surface area contributed by atoms with Crippen molar-refractivity contribution in [3.8, 4) is 11.5 Å². The van der Waals surface area contributed by atoms with Crippen molar-refractivity contribution in [2.45, 2.75) is 51.2 Å². The van der Waals surface area contributed by atoms with Gasteiger partial charge in [-0.3, -0.25) is 9.80 Å². The number of urea groups is 1. The molecule has 34 heavy (non-hydrogen) atoms. The number of carbonyl (C=O) groups excluding carboxylic acids is 1. The first-order chi connectivity index (χ1) is 16.2. The van der Waals surface area contributed by atoms with Crippen molar-refractivity contribution in [1.82, 2.24) is 14.9 Å². The van der Waals surface area contributed by atoms with Crippen LogP contribution < -0.4 is 19.9 Å². The van der Waals surface area contributed by atoms with Gasteiger partial charge >= 0.3 is 6.03 Å². The molecule has 2 N–H and O–H groups in total. The quantitative estimate of drug-likeness (QED) is 0.656. The molecule has 1 aromatic carbocycles. The number of benzene rings is 1. The molecule has 0 bridgehead atoms. The molecule has 1 saturated carbocycles. The van der Waals surface area contributed by atoms with Crippen LogP contribution in [0.5, 0.6) is 11.5 Å². The van der Waals surface area contributed by atoms with E-state index in [4.69, 9.17) is 4.74 Å². The molecular formula is C23H30F2N6O3. The predicted octanol–water partition coefficient (Wildman–Crippen LogP) is 3.72. The van der Waals surface area contributed by atoms with Gasteiger partial charge in [-0.25, -0.2) is 18.6 Å². The van der Waals surface area contributed by atoms with Crippen LogP contribution in [-0.2, 0) is 6.54 Å². The van der Waals surface area contributed by atoms with E-state index in [9.17, 15) is 18.7 Å². The minimum Gasteiger partial charge on any atom is -0.505 e. The van der Waals surface area contributed by atoms with Crippen molar-refractivity contribution >= 4 is 23.5 Å². The lowest BCUT2D eigenvalue weighted by atomic mass is 9.91. The average Bonchev–Trinajstić information content (AvgIpc) is 2.82. The summed E-state index contributed by atoms with van der Waals surface area (Å²) < 4.78 is 34.6. The summed E-state index contributed by atoms with van der Waals surface area (Å²) in [5.74, 6) is -2.67. The van der Waals surface area contributed by atoms with Crippen molar-refractivity contribution in [3.63, 3.8) is 0 Å². The molecule has 1 aliphatic heterocycles. The molecule has 4 rings (SSSR count). The van der Waals surface area contributed by atoms with Gasteiger partial charge in [0.2, 0.25) is 5.95 Å². The van der Waals surface area contributed by atoms with Crippen LogP contribution in [0.1, 0.15) is 38.2 Å². The van der Waals surface area contributed by atoms with E-state index in [1.54, 1.807) is 13.1 Å². The molecule has 9 nitrogen and oxygen atoms in total. The standard InChI is InChI=1S/C23H30F2N6O3/c1-5-30-21-13(11-26-22(28-21)27-14-6-8-15(9-7-14)29(2)3)12-31(23(30)33)20-18(24)16(32)10-17(34-4)19(20)25/h10-11,14-15,32H,5-9,12H2,1-4H3,(H,26,27,28). The number of methoxy groups -OCH3 is 1. The molecule has 11 heteroatoms. The number of nitrogens with one attached hydrogen (secondary N) is 1. The molecule has 1 fully saturated rings. The Morgan fingerprint density at radius 3 is 2.56 bits per heavy atom. The van der Waals surface area contributed by atoms with Crippen molar-refractivity contribution in [1.29, 1.82) is 0 Å². The second-order valence-electron chi connectivity index (χ2n) is 8.84. The van der Waals surface area contributed by atoms with Gasteiger partial charge in [0.1, 0.15) is 11.5 Å². The molecule has 0 saturated heterocycles. The third-order valence-corrected chi connectivity index (χ3v) is 6.58. The largest absolute Gasteiger partial charge is 0.505 e. The Labute approximate surface area is 197 Å². The molecule has 2 aliphatic rings. The Balaban J connectivity index is 1.61. The predicted molar refractivity (Wildman–Crippen MR) is 125 cm³/mol. The first-order valence-electron chi connectivity index (χ1n) is 11.4. The van der Waals surface area contributed by atoms with Crippen molar-refractivity contribution in [2.24, 2.45) is 0 Å². The Kier molecular flexibility index (Phi) is 6.74. The number of nitrogens with zero attached hydrogens (tertiary/aromatic N) is 5. The number of amides is 2. The van der Waals surface area contributed by atoms with E-state index in [2.05, 4.69) is 34.3 Å². The number of hydrogen-bond acceptors (Lipinski definition) is 7. The molecule has 0 radical (unpaired) electrons. The van der Waals surface area contributed by atoms with Crippen LogP contribution in [0.4, 0.5) is 31.0 Å². The fourth-order valence-corrected chi connectivity index (χ4v) is 4.64. The van der Waals surface area contributed by atoms with E-state index in [1.165, 1.54) is 12.0 Å². The second kappa shape index (κ2) is 9.57. The van der Waals surface area contributed by atoms with Gasteiger partial charge in [0.25, 0.3) is 0 Å². The Morgan fingerprint density at radius 2 is 1.94 bits per heavy atom. The number of rotatable bonds is 6. The fourth-order valence-electron chi connectivity index (χ4n) is 4.64. The summed E-state index contributed by atoms with van der Waals surface area (Å²) in [6.07, 6.45) is 5.70. The molecule has 0 spiro atoms. The number of ether oxygens (including phenoxy) is 1. The van der Waals surface area contributed by atoms with E-state index in [0.29, 0.717) is 23.4 Å². The molecule has 0 atom stereocenters. The lowest BCUT2D eigenvalue weighted by molar-refractivity contribution is 0.221. The number of aromatic hydroxyl groups is 1. The van der Waals surface area contributed by atoms with Gasteiger partial charge in [-0.15, -0.1) is 0 Å². The SMILES string of the molecule is CCN1C(=O)N(c2c(F)c(O)cc(OC)c2F)Cc2cnc(NC3CCC(N(C)C)CC3)nc21. The van der Waals surface area contributed by atoms with Crippen LogP contribution in [0.25, 0.3) is 0 Å². The lowest BCUT2D eigenvalue weighted by Crippen LogP contribution is -2.48. The highest BCUT2D eigenvalue weighted by atomic mass is 19.1. The lowest BCUT2D eigenvalue weighted by Gasteiger charge is -2.36. The smallest absolute Gasteiger partial charge is 0.330 e.